The lowest BCUT2D eigenvalue weighted by Crippen LogP contribution is -2.11. The summed E-state index contributed by atoms with van der Waals surface area (Å²) in [4.78, 5) is 25.0. The molecule has 0 aliphatic rings. The van der Waals surface area contributed by atoms with Crippen molar-refractivity contribution in [3.05, 3.63) is 68.9 Å². The molecule has 2 heterocycles. The van der Waals surface area contributed by atoms with Crippen LogP contribution in [0.1, 0.15) is 5.56 Å². The van der Waals surface area contributed by atoms with Gasteiger partial charge in [0.15, 0.2) is 0 Å². The molecule has 27 heavy (non-hydrogen) atoms. The number of rotatable bonds is 3. The molecule has 0 aliphatic heterocycles. The van der Waals surface area contributed by atoms with E-state index in [-0.39, 0.29) is 11.1 Å². The highest BCUT2D eigenvalue weighted by molar-refractivity contribution is 5.89. The Bertz CT molecular complexity index is 1300. The van der Waals surface area contributed by atoms with Gasteiger partial charge in [0.25, 0.3) is 0 Å². The van der Waals surface area contributed by atoms with Crippen molar-refractivity contribution in [2.75, 3.05) is 14.2 Å². The summed E-state index contributed by atoms with van der Waals surface area (Å²) in [7, 11) is 3.02. The lowest BCUT2D eigenvalue weighted by Gasteiger charge is -2.09. The van der Waals surface area contributed by atoms with Crippen LogP contribution in [0.25, 0.3) is 33.1 Å². The third kappa shape index (κ3) is 2.85. The van der Waals surface area contributed by atoms with E-state index in [0.29, 0.717) is 28.1 Å². The van der Waals surface area contributed by atoms with Crippen LogP contribution in [0.5, 0.6) is 11.5 Å². The van der Waals surface area contributed by atoms with E-state index >= 15 is 0 Å². The van der Waals surface area contributed by atoms with E-state index in [9.17, 15) is 9.59 Å². The number of fused-ring (bicyclic) bond motifs is 2. The summed E-state index contributed by atoms with van der Waals surface area (Å²) in [5.41, 5.74) is 0.789. The van der Waals surface area contributed by atoms with Crippen LogP contribution in [0.3, 0.4) is 0 Å². The Morgan fingerprint density at radius 2 is 1.48 bits per heavy atom. The third-order valence-electron chi connectivity index (χ3n) is 4.42. The molecular weight excluding hydrogens is 348 g/mol. The van der Waals surface area contributed by atoms with Crippen molar-refractivity contribution in [3.63, 3.8) is 0 Å². The summed E-state index contributed by atoms with van der Waals surface area (Å²) in [5.74, 6) is 0.964. The number of ether oxygens (including phenoxy) is 2. The average molecular weight is 364 g/mol. The van der Waals surface area contributed by atoms with Crippen LogP contribution in [0.15, 0.2) is 60.9 Å². The molecule has 6 nitrogen and oxygen atoms in total. The van der Waals surface area contributed by atoms with Gasteiger partial charge in [0.05, 0.1) is 30.7 Å². The van der Waals surface area contributed by atoms with Crippen molar-refractivity contribution in [2.45, 2.75) is 6.92 Å². The van der Waals surface area contributed by atoms with E-state index in [2.05, 4.69) is 0 Å². The van der Waals surface area contributed by atoms with E-state index in [1.165, 1.54) is 14.2 Å². The highest BCUT2D eigenvalue weighted by Crippen LogP contribution is 2.32. The number of methoxy groups -OCH3 is 2. The Hall–Kier alpha value is -3.54. The van der Waals surface area contributed by atoms with Crippen molar-refractivity contribution in [1.29, 1.82) is 0 Å². The van der Waals surface area contributed by atoms with Crippen LogP contribution in [-0.2, 0) is 0 Å². The monoisotopic (exact) mass is 364 g/mol. The first kappa shape index (κ1) is 16.9. The standard InChI is InChI=1S/C21H16O6/c1-11-4-5-17-12(6-11)7-14(20(22)26-17)15-10-16-18(25-3)8-13(24-2)9-19(16)27-21(15)23/h4-10H,1-3H3. The zero-order valence-corrected chi connectivity index (χ0v) is 15.0. The summed E-state index contributed by atoms with van der Waals surface area (Å²) in [6.45, 7) is 1.94. The van der Waals surface area contributed by atoms with E-state index in [4.69, 9.17) is 18.3 Å². The molecule has 0 amide bonds. The van der Waals surface area contributed by atoms with E-state index in [1.807, 2.05) is 19.1 Å². The van der Waals surface area contributed by atoms with Crippen molar-refractivity contribution >= 4 is 21.9 Å². The average Bonchev–Trinajstić information content (AvgIpc) is 2.66. The lowest BCUT2D eigenvalue weighted by molar-refractivity contribution is 0.396. The van der Waals surface area contributed by atoms with Crippen LogP contribution in [0, 0.1) is 6.92 Å². The highest BCUT2D eigenvalue weighted by Gasteiger charge is 2.17. The normalized spacial score (nSPS) is 11.1. The molecule has 0 bridgehead atoms. The topological polar surface area (TPSA) is 78.9 Å². The minimum Gasteiger partial charge on any atom is -0.496 e. The van der Waals surface area contributed by atoms with Gasteiger partial charge in [0.2, 0.25) is 0 Å². The maximum absolute atomic E-state index is 12.6. The molecule has 6 heteroatoms. The highest BCUT2D eigenvalue weighted by atomic mass is 16.5. The first-order chi connectivity index (χ1) is 13.0. The minimum atomic E-state index is -0.642. The van der Waals surface area contributed by atoms with Crippen molar-refractivity contribution in [1.82, 2.24) is 0 Å². The van der Waals surface area contributed by atoms with Gasteiger partial charge in [-0.15, -0.1) is 0 Å². The van der Waals surface area contributed by atoms with E-state index in [0.717, 1.165) is 10.9 Å². The Morgan fingerprint density at radius 3 is 2.19 bits per heavy atom. The molecular formula is C21H16O6. The van der Waals surface area contributed by atoms with Crippen LogP contribution in [0.4, 0.5) is 0 Å². The Balaban J connectivity index is 2.03. The van der Waals surface area contributed by atoms with Gasteiger partial charge in [0.1, 0.15) is 22.7 Å². The molecule has 0 atom stereocenters. The van der Waals surface area contributed by atoms with Crippen LogP contribution in [0.2, 0.25) is 0 Å². The zero-order chi connectivity index (χ0) is 19.1. The first-order valence-electron chi connectivity index (χ1n) is 8.25. The fourth-order valence-corrected chi connectivity index (χ4v) is 3.07. The Kier molecular flexibility index (Phi) is 3.96. The number of hydrogen-bond donors (Lipinski definition) is 0. The van der Waals surface area contributed by atoms with Crippen LogP contribution in [-0.4, -0.2) is 14.2 Å². The van der Waals surface area contributed by atoms with Crippen molar-refractivity contribution in [3.8, 4) is 22.6 Å². The van der Waals surface area contributed by atoms with Gasteiger partial charge in [0, 0.05) is 17.5 Å². The molecule has 0 radical (unpaired) electrons. The second-order valence-electron chi connectivity index (χ2n) is 6.18. The predicted octanol–water partition coefficient (Wildman–Crippen LogP) is 3.89. The number of aryl methyl sites for hydroxylation is 1. The summed E-state index contributed by atoms with van der Waals surface area (Å²) in [5, 5.41) is 1.28. The van der Waals surface area contributed by atoms with Gasteiger partial charge in [-0.1, -0.05) is 11.6 Å². The molecule has 136 valence electrons. The summed E-state index contributed by atoms with van der Waals surface area (Å²) in [6.07, 6.45) is 0. The SMILES string of the molecule is COc1cc(OC)c2cc(-c3cc4cc(C)ccc4oc3=O)c(=O)oc2c1. The van der Waals surface area contributed by atoms with Gasteiger partial charge < -0.3 is 18.3 Å². The largest absolute Gasteiger partial charge is 0.496 e. The maximum Gasteiger partial charge on any atom is 0.344 e. The molecule has 0 N–H and O–H groups in total. The van der Waals surface area contributed by atoms with Gasteiger partial charge in [-0.25, -0.2) is 9.59 Å². The molecule has 0 aliphatic carbocycles. The molecule has 2 aromatic heterocycles. The fraction of sp³-hybridized carbons (Fsp3) is 0.143. The number of benzene rings is 2. The second kappa shape index (κ2) is 6.32. The van der Waals surface area contributed by atoms with Crippen LogP contribution >= 0.6 is 0 Å². The second-order valence-corrected chi connectivity index (χ2v) is 6.18. The van der Waals surface area contributed by atoms with E-state index < -0.39 is 11.3 Å². The molecule has 4 rings (SSSR count). The van der Waals surface area contributed by atoms with Crippen molar-refractivity contribution in [2.24, 2.45) is 0 Å². The number of hydrogen-bond acceptors (Lipinski definition) is 6. The third-order valence-corrected chi connectivity index (χ3v) is 4.42. The molecule has 0 saturated carbocycles. The molecule has 0 fully saturated rings. The quantitative estimate of drug-likeness (QED) is 0.513. The Morgan fingerprint density at radius 1 is 0.778 bits per heavy atom. The molecule has 2 aromatic carbocycles. The smallest absolute Gasteiger partial charge is 0.344 e. The van der Waals surface area contributed by atoms with Gasteiger partial charge in [-0.2, -0.15) is 0 Å². The summed E-state index contributed by atoms with van der Waals surface area (Å²) < 4.78 is 21.4. The minimum absolute atomic E-state index is 0.114. The molecule has 0 saturated heterocycles. The zero-order valence-electron chi connectivity index (χ0n) is 15.0. The molecule has 4 aromatic rings. The van der Waals surface area contributed by atoms with Gasteiger partial charge >= 0.3 is 11.3 Å². The maximum atomic E-state index is 12.6. The van der Waals surface area contributed by atoms with Crippen molar-refractivity contribution < 1.29 is 18.3 Å². The fourth-order valence-electron chi connectivity index (χ4n) is 3.07. The van der Waals surface area contributed by atoms with E-state index in [1.54, 1.807) is 30.3 Å². The van der Waals surface area contributed by atoms with Gasteiger partial charge in [-0.3, -0.25) is 0 Å². The predicted molar refractivity (Wildman–Crippen MR) is 102 cm³/mol. The van der Waals surface area contributed by atoms with Crippen LogP contribution < -0.4 is 20.7 Å². The summed E-state index contributed by atoms with van der Waals surface area (Å²) >= 11 is 0. The molecule has 0 unspecified atom stereocenters. The summed E-state index contributed by atoms with van der Waals surface area (Å²) in [6, 6.07) is 12.0. The lowest BCUT2D eigenvalue weighted by atomic mass is 10.0. The Labute approximate surface area is 153 Å². The first-order valence-corrected chi connectivity index (χ1v) is 8.25. The van der Waals surface area contributed by atoms with Gasteiger partial charge in [-0.05, 0) is 31.2 Å². The molecule has 0 spiro atoms.